The Bertz CT molecular complexity index is 520. The maximum atomic E-state index is 13.0. The van der Waals surface area contributed by atoms with Crippen LogP contribution in [-0.4, -0.2) is 47.7 Å². The summed E-state index contributed by atoms with van der Waals surface area (Å²) >= 11 is 0. The first-order chi connectivity index (χ1) is 10.7. The molecule has 2 aliphatic heterocycles. The number of amides is 1. The highest BCUT2D eigenvalue weighted by molar-refractivity contribution is 5.77. The van der Waals surface area contributed by atoms with Crippen molar-refractivity contribution in [3.8, 4) is 5.88 Å². The number of pyridine rings is 1. The highest BCUT2D eigenvalue weighted by Crippen LogP contribution is 2.20. The van der Waals surface area contributed by atoms with Gasteiger partial charge in [0.15, 0.2) is 0 Å². The van der Waals surface area contributed by atoms with Crippen LogP contribution < -0.4 is 4.74 Å². The van der Waals surface area contributed by atoms with Crippen molar-refractivity contribution in [3.05, 3.63) is 24.1 Å². The van der Waals surface area contributed by atoms with E-state index < -0.39 is 5.95 Å². The summed E-state index contributed by atoms with van der Waals surface area (Å²) in [4.78, 5) is 17.8. The Morgan fingerprint density at radius 2 is 2.32 bits per heavy atom. The van der Waals surface area contributed by atoms with Crippen molar-refractivity contribution < 1.29 is 18.7 Å². The van der Waals surface area contributed by atoms with E-state index in [9.17, 15) is 9.18 Å². The summed E-state index contributed by atoms with van der Waals surface area (Å²) < 4.78 is 24.3. The maximum absolute atomic E-state index is 13.0. The zero-order valence-corrected chi connectivity index (χ0v) is 12.5. The molecule has 2 unspecified atom stereocenters. The van der Waals surface area contributed by atoms with E-state index in [4.69, 9.17) is 9.47 Å². The molecule has 1 aromatic rings. The average Bonchev–Trinajstić information content (AvgIpc) is 2.97. The Hall–Kier alpha value is -1.69. The van der Waals surface area contributed by atoms with Crippen molar-refractivity contribution >= 4 is 5.91 Å². The van der Waals surface area contributed by atoms with Gasteiger partial charge >= 0.3 is 0 Å². The van der Waals surface area contributed by atoms with Crippen molar-refractivity contribution in [1.82, 2.24) is 9.88 Å². The van der Waals surface area contributed by atoms with Crippen LogP contribution in [0.1, 0.15) is 32.1 Å². The minimum atomic E-state index is -0.558. The third-order valence-electron chi connectivity index (χ3n) is 4.15. The molecule has 1 aromatic heterocycles. The predicted octanol–water partition coefficient (Wildman–Crippen LogP) is 2.16. The first kappa shape index (κ1) is 15.2. The third-order valence-corrected chi connectivity index (χ3v) is 4.15. The Morgan fingerprint density at radius 1 is 1.41 bits per heavy atom. The number of nitrogens with zero attached hydrogens (tertiary/aromatic N) is 2. The summed E-state index contributed by atoms with van der Waals surface area (Å²) in [5.74, 6) is -0.169. The predicted molar refractivity (Wildman–Crippen MR) is 78.0 cm³/mol. The fourth-order valence-corrected chi connectivity index (χ4v) is 2.97. The first-order valence-electron chi connectivity index (χ1n) is 7.89. The van der Waals surface area contributed by atoms with E-state index >= 15 is 0 Å². The van der Waals surface area contributed by atoms with Gasteiger partial charge in [0.25, 0.3) is 0 Å². The van der Waals surface area contributed by atoms with Gasteiger partial charge in [0, 0.05) is 25.6 Å². The summed E-state index contributed by atoms with van der Waals surface area (Å²) in [6, 6.07) is 4.47. The molecule has 0 saturated carbocycles. The second kappa shape index (κ2) is 7.05. The summed E-state index contributed by atoms with van der Waals surface area (Å²) in [5.41, 5.74) is 0. The molecule has 2 fully saturated rings. The van der Waals surface area contributed by atoms with Crippen LogP contribution in [0.4, 0.5) is 4.39 Å². The van der Waals surface area contributed by atoms with Gasteiger partial charge in [-0.2, -0.15) is 9.37 Å². The van der Waals surface area contributed by atoms with E-state index in [1.54, 1.807) is 12.1 Å². The molecule has 120 valence electrons. The number of aromatic nitrogens is 1. The van der Waals surface area contributed by atoms with Crippen molar-refractivity contribution in [2.45, 2.75) is 44.3 Å². The van der Waals surface area contributed by atoms with Crippen molar-refractivity contribution in [2.75, 3.05) is 19.7 Å². The van der Waals surface area contributed by atoms with Crippen molar-refractivity contribution in [3.63, 3.8) is 0 Å². The second-order valence-electron chi connectivity index (χ2n) is 5.86. The molecule has 3 heterocycles. The van der Waals surface area contributed by atoms with Gasteiger partial charge in [0.2, 0.25) is 17.7 Å². The molecule has 1 amide bonds. The molecule has 0 spiro atoms. The number of likely N-dealkylation sites (tertiary alicyclic amines) is 1. The molecule has 0 bridgehead atoms. The van der Waals surface area contributed by atoms with Crippen LogP contribution in [0.5, 0.6) is 5.88 Å². The molecule has 6 heteroatoms. The Balaban J connectivity index is 1.48. The molecule has 2 saturated heterocycles. The summed E-state index contributed by atoms with van der Waals surface area (Å²) in [6.07, 6.45) is 4.32. The summed E-state index contributed by atoms with van der Waals surface area (Å²) in [7, 11) is 0. The lowest BCUT2D eigenvalue weighted by Gasteiger charge is -2.24. The summed E-state index contributed by atoms with van der Waals surface area (Å²) in [6.45, 7) is 1.96. The number of hydrogen-bond acceptors (Lipinski definition) is 4. The van der Waals surface area contributed by atoms with Gasteiger partial charge in [0.05, 0.1) is 19.1 Å². The molecule has 2 aliphatic rings. The van der Waals surface area contributed by atoms with E-state index in [1.807, 2.05) is 4.90 Å². The fourth-order valence-electron chi connectivity index (χ4n) is 2.97. The van der Waals surface area contributed by atoms with Crippen LogP contribution in [0, 0.1) is 5.95 Å². The van der Waals surface area contributed by atoms with E-state index in [0.29, 0.717) is 19.5 Å². The smallest absolute Gasteiger partial charge is 0.225 e. The van der Waals surface area contributed by atoms with Gasteiger partial charge < -0.3 is 14.4 Å². The van der Waals surface area contributed by atoms with Crippen LogP contribution in [-0.2, 0) is 9.53 Å². The number of carbonyl (C=O) groups is 1. The molecule has 0 aliphatic carbocycles. The number of hydrogen-bond donors (Lipinski definition) is 0. The first-order valence-corrected chi connectivity index (χ1v) is 7.89. The molecule has 2 atom stereocenters. The highest BCUT2D eigenvalue weighted by Gasteiger charge is 2.29. The number of halogens is 1. The SMILES string of the molecule is O=C(CC1CCCCO1)N1CCC(Oc2cccc(F)n2)C1. The average molecular weight is 308 g/mol. The molecular weight excluding hydrogens is 287 g/mol. The van der Waals surface area contributed by atoms with Crippen molar-refractivity contribution in [2.24, 2.45) is 0 Å². The Kier molecular flexibility index (Phi) is 4.87. The molecule has 0 aromatic carbocycles. The van der Waals surface area contributed by atoms with Crippen LogP contribution in [0.3, 0.4) is 0 Å². The van der Waals surface area contributed by atoms with Crippen LogP contribution in [0.2, 0.25) is 0 Å². The van der Waals surface area contributed by atoms with E-state index in [1.165, 1.54) is 6.07 Å². The monoisotopic (exact) mass is 308 g/mol. The lowest BCUT2D eigenvalue weighted by molar-refractivity contribution is -0.134. The Morgan fingerprint density at radius 3 is 3.09 bits per heavy atom. The van der Waals surface area contributed by atoms with Gasteiger partial charge in [-0.25, -0.2) is 0 Å². The highest BCUT2D eigenvalue weighted by atomic mass is 19.1. The number of ether oxygens (including phenoxy) is 2. The van der Waals surface area contributed by atoms with Crippen LogP contribution in [0.15, 0.2) is 18.2 Å². The zero-order valence-electron chi connectivity index (χ0n) is 12.5. The van der Waals surface area contributed by atoms with Crippen molar-refractivity contribution in [1.29, 1.82) is 0 Å². The quantitative estimate of drug-likeness (QED) is 0.800. The minimum absolute atomic E-state index is 0.0612. The molecule has 22 heavy (non-hydrogen) atoms. The third kappa shape index (κ3) is 3.94. The summed E-state index contributed by atoms with van der Waals surface area (Å²) in [5, 5.41) is 0. The topological polar surface area (TPSA) is 51.7 Å². The van der Waals surface area contributed by atoms with E-state index in [0.717, 1.165) is 32.3 Å². The fraction of sp³-hybridized carbons (Fsp3) is 0.625. The standard InChI is InChI=1S/C16H21FN2O3/c17-14-5-3-6-15(18-14)22-13-7-8-19(11-13)16(20)10-12-4-1-2-9-21-12/h3,5-6,12-13H,1-2,4,7-11H2. The maximum Gasteiger partial charge on any atom is 0.225 e. The number of rotatable bonds is 4. The largest absolute Gasteiger partial charge is 0.472 e. The lowest BCUT2D eigenvalue weighted by Crippen LogP contribution is -2.34. The molecule has 5 nitrogen and oxygen atoms in total. The molecule has 0 N–H and O–H groups in total. The van der Waals surface area contributed by atoms with Gasteiger partial charge in [-0.05, 0) is 25.3 Å². The van der Waals surface area contributed by atoms with Gasteiger partial charge in [-0.1, -0.05) is 6.07 Å². The lowest BCUT2D eigenvalue weighted by atomic mass is 10.1. The van der Waals surface area contributed by atoms with E-state index in [2.05, 4.69) is 4.98 Å². The van der Waals surface area contributed by atoms with Gasteiger partial charge in [0.1, 0.15) is 6.10 Å². The normalized spacial score (nSPS) is 25.2. The van der Waals surface area contributed by atoms with Crippen LogP contribution in [0.25, 0.3) is 0 Å². The molecule has 0 radical (unpaired) electrons. The van der Waals surface area contributed by atoms with Gasteiger partial charge in [-0.3, -0.25) is 4.79 Å². The molecule has 3 rings (SSSR count). The number of carbonyl (C=O) groups excluding carboxylic acids is 1. The van der Waals surface area contributed by atoms with E-state index in [-0.39, 0.29) is 24.0 Å². The second-order valence-corrected chi connectivity index (χ2v) is 5.86. The minimum Gasteiger partial charge on any atom is -0.472 e. The zero-order chi connectivity index (χ0) is 15.4. The van der Waals surface area contributed by atoms with Gasteiger partial charge in [-0.15, -0.1) is 0 Å². The van der Waals surface area contributed by atoms with Crippen LogP contribution >= 0.6 is 0 Å². The Labute approximate surface area is 129 Å². The molecular formula is C16H21FN2O3.